The maximum absolute atomic E-state index is 12.4. The van der Waals surface area contributed by atoms with Crippen LogP contribution in [0.1, 0.15) is 59.2 Å². The van der Waals surface area contributed by atoms with Gasteiger partial charge in [0.2, 0.25) is 11.8 Å². The Kier molecular flexibility index (Phi) is 8.13. The van der Waals surface area contributed by atoms with Gasteiger partial charge < -0.3 is 10.6 Å². The van der Waals surface area contributed by atoms with Crippen LogP contribution in [0.15, 0.2) is 23.4 Å². The number of hydrogen-bond acceptors (Lipinski definition) is 7. The van der Waals surface area contributed by atoms with Gasteiger partial charge in [0.25, 0.3) is 11.8 Å². The zero-order valence-corrected chi connectivity index (χ0v) is 15.7. The van der Waals surface area contributed by atoms with Gasteiger partial charge in [-0.2, -0.15) is 0 Å². The predicted octanol–water partition coefficient (Wildman–Crippen LogP) is 1.30. The lowest BCUT2D eigenvalue weighted by atomic mass is 10.0. The molecule has 29 heavy (non-hydrogen) atoms. The van der Waals surface area contributed by atoms with E-state index in [-0.39, 0.29) is 36.3 Å². The van der Waals surface area contributed by atoms with Crippen LogP contribution in [0.2, 0.25) is 0 Å². The fraction of sp³-hybridized carbons (Fsp3) is 0.421. The van der Waals surface area contributed by atoms with Gasteiger partial charge in [-0.15, -0.1) is 4.91 Å². The molecule has 1 aliphatic rings. The molecule has 0 aromatic heterocycles. The number of nitrogens with zero attached hydrogens (tertiary/aromatic N) is 1. The van der Waals surface area contributed by atoms with E-state index >= 15 is 0 Å². The third-order valence-corrected chi connectivity index (χ3v) is 4.47. The molecule has 1 unspecified atom stereocenters. The zero-order valence-electron chi connectivity index (χ0n) is 15.7. The Balaban J connectivity index is 1.87. The van der Waals surface area contributed by atoms with Crippen molar-refractivity contribution < 1.29 is 24.0 Å². The molecule has 2 rings (SSSR count). The molecule has 0 bridgehead atoms. The molecule has 0 spiro atoms. The zero-order chi connectivity index (χ0) is 21.2. The third kappa shape index (κ3) is 6.59. The average Bonchev–Trinajstić information content (AvgIpc) is 2.72. The number of piperidine rings is 1. The van der Waals surface area contributed by atoms with Crippen LogP contribution in [-0.4, -0.2) is 42.5 Å². The van der Waals surface area contributed by atoms with Crippen molar-refractivity contribution in [3.63, 3.8) is 0 Å². The number of nitroso groups, excluding NO2 is 1. The summed E-state index contributed by atoms with van der Waals surface area (Å²) in [5, 5.41) is 10.2. The largest absolute Gasteiger partial charge is 0.385 e. The molecule has 3 N–H and O–H groups in total. The van der Waals surface area contributed by atoms with Crippen LogP contribution in [0, 0.1) is 4.91 Å². The monoisotopic (exact) mass is 402 g/mol. The fourth-order valence-corrected chi connectivity index (χ4v) is 2.90. The van der Waals surface area contributed by atoms with Gasteiger partial charge in [0.05, 0.1) is 0 Å². The second-order valence-electron chi connectivity index (χ2n) is 6.62. The Morgan fingerprint density at radius 3 is 2.69 bits per heavy atom. The Morgan fingerprint density at radius 2 is 2.00 bits per heavy atom. The number of imide groups is 1. The van der Waals surface area contributed by atoms with E-state index in [0.29, 0.717) is 24.9 Å². The smallest absolute Gasteiger partial charge is 0.286 e. The van der Waals surface area contributed by atoms with Gasteiger partial charge in [-0.3, -0.25) is 29.3 Å². The quantitative estimate of drug-likeness (QED) is 0.231. The molecule has 1 aromatic carbocycles. The van der Waals surface area contributed by atoms with Crippen molar-refractivity contribution in [2.75, 3.05) is 11.9 Å². The molecule has 10 heteroatoms. The van der Waals surface area contributed by atoms with Crippen LogP contribution in [0.3, 0.4) is 0 Å². The van der Waals surface area contributed by atoms with Crippen LogP contribution >= 0.6 is 0 Å². The van der Waals surface area contributed by atoms with E-state index in [1.54, 1.807) is 6.07 Å². The van der Waals surface area contributed by atoms with Crippen molar-refractivity contribution in [1.82, 2.24) is 10.6 Å². The highest BCUT2D eigenvalue weighted by Gasteiger charge is 2.28. The van der Waals surface area contributed by atoms with Gasteiger partial charge in [-0.05, 0) is 37.5 Å². The van der Waals surface area contributed by atoms with Crippen LogP contribution < -0.4 is 16.0 Å². The van der Waals surface area contributed by atoms with E-state index in [1.807, 2.05) is 0 Å². The summed E-state index contributed by atoms with van der Waals surface area (Å²) in [4.78, 5) is 67.5. The number of nitrogens with one attached hydrogen (secondary N) is 3. The van der Waals surface area contributed by atoms with Crippen molar-refractivity contribution in [2.24, 2.45) is 5.18 Å². The summed E-state index contributed by atoms with van der Waals surface area (Å²) in [6.45, 7) is 0.586. The van der Waals surface area contributed by atoms with Gasteiger partial charge >= 0.3 is 0 Å². The van der Waals surface area contributed by atoms with Crippen LogP contribution in [0.5, 0.6) is 0 Å². The number of rotatable bonds is 10. The lowest BCUT2D eigenvalue weighted by Crippen LogP contribution is -2.52. The summed E-state index contributed by atoms with van der Waals surface area (Å²) >= 11 is 0. The molecule has 0 saturated carbocycles. The molecule has 154 valence electrons. The molecule has 1 aromatic rings. The molecule has 1 fully saturated rings. The number of anilines is 1. The summed E-state index contributed by atoms with van der Waals surface area (Å²) < 4.78 is 0. The van der Waals surface area contributed by atoms with E-state index in [1.165, 1.54) is 12.1 Å². The van der Waals surface area contributed by atoms with E-state index in [0.717, 1.165) is 12.8 Å². The minimum absolute atomic E-state index is 0.134. The molecule has 1 atom stereocenters. The van der Waals surface area contributed by atoms with Gasteiger partial charge in [-0.25, -0.2) is 0 Å². The summed E-state index contributed by atoms with van der Waals surface area (Å²) in [6.07, 6.45) is 3.10. The Hall–Kier alpha value is -3.43. The number of carbonyl (C=O) groups is 5. The number of amides is 4. The van der Waals surface area contributed by atoms with Crippen molar-refractivity contribution in [2.45, 2.75) is 44.6 Å². The molecular weight excluding hydrogens is 380 g/mol. The molecule has 1 heterocycles. The van der Waals surface area contributed by atoms with Gasteiger partial charge in [0.1, 0.15) is 6.04 Å². The topological polar surface area (TPSA) is 151 Å². The maximum atomic E-state index is 12.4. The van der Waals surface area contributed by atoms with Crippen molar-refractivity contribution >= 4 is 35.6 Å². The van der Waals surface area contributed by atoms with Crippen molar-refractivity contribution in [1.29, 1.82) is 0 Å². The maximum Gasteiger partial charge on any atom is 0.286 e. The second-order valence-corrected chi connectivity index (χ2v) is 6.62. The minimum atomic E-state index is -0.821. The predicted molar refractivity (Wildman–Crippen MR) is 103 cm³/mol. The Bertz CT molecular complexity index is 823. The fourth-order valence-electron chi connectivity index (χ4n) is 2.90. The van der Waals surface area contributed by atoms with Crippen LogP contribution in [0.25, 0.3) is 0 Å². The van der Waals surface area contributed by atoms with E-state index in [4.69, 9.17) is 0 Å². The molecule has 4 amide bonds. The molecule has 0 radical (unpaired) electrons. The van der Waals surface area contributed by atoms with E-state index in [9.17, 15) is 28.9 Å². The normalized spacial score (nSPS) is 15.9. The number of benzene rings is 1. The number of carbonyl (C=O) groups excluding carboxylic acids is 5. The third-order valence-electron chi connectivity index (χ3n) is 4.47. The van der Waals surface area contributed by atoms with Crippen molar-refractivity contribution in [3.8, 4) is 0 Å². The summed E-state index contributed by atoms with van der Waals surface area (Å²) in [5.41, 5.74) is 0.952. The first-order valence-electron chi connectivity index (χ1n) is 9.28. The first kappa shape index (κ1) is 21.9. The summed E-state index contributed by atoms with van der Waals surface area (Å²) in [7, 11) is 0. The van der Waals surface area contributed by atoms with Gasteiger partial charge in [-0.1, -0.05) is 6.42 Å². The SMILES string of the molecule is O=Cc1cc(NCCCCCC(=O)N=O)ccc1C(=O)NC1CCC(=O)NC1=O. The molecule has 10 nitrogen and oxygen atoms in total. The molecule has 0 aliphatic carbocycles. The van der Waals surface area contributed by atoms with E-state index in [2.05, 4.69) is 21.1 Å². The highest BCUT2D eigenvalue weighted by Crippen LogP contribution is 2.16. The highest BCUT2D eigenvalue weighted by molar-refractivity contribution is 6.06. The van der Waals surface area contributed by atoms with Crippen LogP contribution in [-0.2, 0) is 14.4 Å². The molecular formula is C19H22N4O6. The summed E-state index contributed by atoms with van der Waals surface area (Å²) in [6, 6.07) is 3.85. The lowest BCUT2D eigenvalue weighted by Gasteiger charge is -2.22. The summed E-state index contributed by atoms with van der Waals surface area (Å²) in [5.74, 6) is -2.16. The lowest BCUT2D eigenvalue weighted by molar-refractivity contribution is -0.134. The van der Waals surface area contributed by atoms with Gasteiger partial charge in [0.15, 0.2) is 6.29 Å². The number of unbranched alkanes of at least 4 members (excludes halogenated alkanes) is 2. The number of hydrogen-bond donors (Lipinski definition) is 3. The number of aldehydes is 1. The standard InChI is InChI=1S/C19H22N4O6/c24-11-12-10-13(20-9-3-1-2-4-17(26)23-29)5-6-14(12)18(27)21-15-7-8-16(25)22-19(15)28/h5-6,10-11,15,20H,1-4,7-9H2,(H,21,27)(H,22,25,28). The Labute approximate surface area is 166 Å². The minimum Gasteiger partial charge on any atom is -0.385 e. The average molecular weight is 402 g/mol. The van der Waals surface area contributed by atoms with Crippen molar-refractivity contribution in [3.05, 3.63) is 34.2 Å². The van der Waals surface area contributed by atoms with Gasteiger partial charge in [0, 0.05) is 41.4 Å². The molecule has 1 aliphatic heterocycles. The first-order chi connectivity index (χ1) is 13.9. The highest BCUT2D eigenvalue weighted by atomic mass is 16.3. The van der Waals surface area contributed by atoms with E-state index < -0.39 is 23.8 Å². The second kappa shape index (κ2) is 10.8. The molecule has 1 saturated heterocycles. The Morgan fingerprint density at radius 1 is 1.21 bits per heavy atom. The van der Waals surface area contributed by atoms with Crippen LogP contribution in [0.4, 0.5) is 5.69 Å². The first-order valence-corrected chi connectivity index (χ1v) is 9.28.